The zero-order chi connectivity index (χ0) is 10.9. The van der Waals surface area contributed by atoms with Crippen molar-refractivity contribution in [3.8, 4) is 0 Å². The molecule has 90 valence electrons. The van der Waals surface area contributed by atoms with Crippen molar-refractivity contribution in [3.63, 3.8) is 0 Å². The van der Waals surface area contributed by atoms with Gasteiger partial charge in [-0.05, 0) is 57.9 Å². The standard InChI is InChI=1S/C13H28N2/c1-13(2)7-3-4-10-15-11-5-8-14-9-6-12-15/h13-14H,3-12H2,1-2H3. The quantitative estimate of drug-likeness (QED) is 0.704. The molecule has 0 aromatic carbocycles. The van der Waals surface area contributed by atoms with Crippen molar-refractivity contribution in [3.05, 3.63) is 0 Å². The monoisotopic (exact) mass is 212 g/mol. The summed E-state index contributed by atoms with van der Waals surface area (Å²) in [5.74, 6) is 0.876. The fraction of sp³-hybridized carbons (Fsp3) is 1.00. The first-order valence-corrected chi connectivity index (χ1v) is 6.72. The molecule has 0 aromatic rings. The highest BCUT2D eigenvalue weighted by Gasteiger charge is 2.06. The van der Waals surface area contributed by atoms with Gasteiger partial charge in [-0.25, -0.2) is 0 Å². The first-order chi connectivity index (χ1) is 7.29. The Morgan fingerprint density at radius 3 is 2.33 bits per heavy atom. The third-order valence-corrected chi connectivity index (χ3v) is 3.16. The van der Waals surface area contributed by atoms with Gasteiger partial charge >= 0.3 is 0 Å². The van der Waals surface area contributed by atoms with Crippen LogP contribution < -0.4 is 5.32 Å². The smallest absolute Gasteiger partial charge is 0.000663 e. The molecular formula is C13H28N2. The highest BCUT2D eigenvalue weighted by atomic mass is 15.1. The number of unbranched alkanes of at least 4 members (excludes halogenated alkanes) is 1. The maximum absolute atomic E-state index is 3.46. The average Bonchev–Trinajstić information content (AvgIpc) is 2.14. The molecule has 2 heteroatoms. The van der Waals surface area contributed by atoms with Gasteiger partial charge < -0.3 is 10.2 Å². The van der Waals surface area contributed by atoms with Crippen molar-refractivity contribution in [2.75, 3.05) is 32.7 Å². The molecule has 1 aliphatic heterocycles. The lowest BCUT2D eigenvalue weighted by Crippen LogP contribution is -2.34. The van der Waals surface area contributed by atoms with E-state index >= 15 is 0 Å². The van der Waals surface area contributed by atoms with Gasteiger partial charge in [-0.1, -0.05) is 26.7 Å². The van der Waals surface area contributed by atoms with Crippen molar-refractivity contribution in [1.29, 1.82) is 0 Å². The van der Waals surface area contributed by atoms with E-state index in [9.17, 15) is 0 Å². The molecule has 1 rings (SSSR count). The van der Waals surface area contributed by atoms with Gasteiger partial charge in [0, 0.05) is 0 Å². The molecular weight excluding hydrogens is 184 g/mol. The summed E-state index contributed by atoms with van der Waals surface area (Å²) in [5, 5.41) is 3.46. The van der Waals surface area contributed by atoms with Crippen molar-refractivity contribution >= 4 is 0 Å². The van der Waals surface area contributed by atoms with Crippen LogP contribution in [0.25, 0.3) is 0 Å². The van der Waals surface area contributed by atoms with Crippen LogP contribution in [0.4, 0.5) is 0 Å². The van der Waals surface area contributed by atoms with Crippen LogP contribution in [-0.2, 0) is 0 Å². The molecule has 1 aliphatic rings. The summed E-state index contributed by atoms with van der Waals surface area (Å²) in [7, 11) is 0. The van der Waals surface area contributed by atoms with Crippen LogP contribution in [0, 0.1) is 5.92 Å². The van der Waals surface area contributed by atoms with Gasteiger partial charge in [0.1, 0.15) is 0 Å². The maximum Gasteiger partial charge on any atom is -0.000663 e. The largest absolute Gasteiger partial charge is 0.317 e. The molecule has 0 spiro atoms. The van der Waals surface area contributed by atoms with E-state index in [1.54, 1.807) is 0 Å². The minimum absolute atomic E-state index is 0.876. The third-order valence-electron chi connectivity index (χ3n) is 3.16. The summed E-state index contributed by atoms with van der Waals surface area (Å²) < 4.78 is 0. The molecule has 1 N–H and O–H groups in total. The first-order valence-electron chi connectivity index (χ1n) is 6.72. The SMILES string of the molecule is CC(C)CCCCN1CCCNCCC1. The van der Waals surface area contributed by atoms with E-state index in [4.69, 9.17) is 0 Å². The lowest BCUT2D eigenvalue weighted by molar-refractivity contribution is 0.246. The van der Waals surface area contributed by atoms with Crippen LogP contribution >= 0.6 is 0 Å². The summed E-state index contributed by atoms with van der Waals surface area (Å²) in [6.07, 6.45) is 6.85. The van der Waals surface area contributed by atoms with Gasteiger partial charge in [0.2, 0.25) is 0 Å². The molecule has 0 aromatic heterocycles. The number of hydrogen-bond donors (Lipinski definition) is 1. The normalized spacial score (nSPS) is 20.2. The molecule has 1 saturated heterocycles. The third kappa shape index (κ3) is 6.91. The number of nitrogens with zero attached hydrogens (tertiary/aromatic N) is 1. The fourth-order valence-corrected chi connectivity index (χ4v) is 2.20. The first kappa shape index (κ1) is 13.0. The summed E-state index contributed by atoms with van der Waals surface area (Å²) >= 11 is 0. The molecule has 0 saturated carbocycles. The lowest BCUT2D eigenvalue weighted by atomic mass is 10.1. The Bertz CT molecular complexity index is 137. The zero-order valence-corrected chi connectivity index (χ0v) is 10.6. The molecule has 15 heavy (non-hydrogen) atoms. The van der Waals surface area contributed by atoms with Crippen LogP contribution in [0.2, 0.25) is 0 Å². The maximum atomic E-state index is 3.46. The Hall–Kier alpha value is -0.0800. The van der Waals surface area contributed by atoms with Gasteiger partial charge in [0.25, 0.3) is 0 Å². The average molecular weight is 212 g/mol. The number of rotatable bonds is 5. The van der Waals surface area contributed by atoms with Crippen molar-refractivity contribution in [1.82, 2.24) is 10.2 Å². The van der Waals surface area contributed by atoms with Crippen LogP contribution in [-0.4, -0.2) is 37.6 Å². The molecule has 0 amide bonds. The molecule has 0 atom stereocenters. The van der Waals surface area contributed by atoms with Crippen LogP contribution in [0.5, 0.6) is 0 Å². The van der Waals surface area contributed by atoms with Crippen molar-refractivity contribution < 1.29 is 0 Å². The van der Waals surface area contributed by atoms with E-state index in [0.717, 1.165) is 5.92 Å². The van der Waals surface area contributed by atoms with Gasteiger partial charge in [-0.15, -0.1) is 0 Å². The van der Waals surface area contributed by atoms with E-state index in [-0.39, 0.29) is 0 Å². The summed E-state index contributed by atoms with van der Waals surface area (Å²) in [4.78, 5) is 2.65. The minimum Gasteiger partial charge on any atom is -0.317 e. The Morgan fingerprint density at radius 1 is 1.07 bits per heavy atom. The van der Waals surface area contributed by atoms with Crippen LogP contribution in [0.3, 0.4) is 0 Å². The fourth-order valence-electron chi connectivity index (χ4n) is 2.20. The van der Waals surface area contributed by atoms with E-state index in [1.807, 2.05) is 0 Å². The summed E-state index contributed by atoms with van der Waals surface area (Å²) in [6, 6.07) is 0. The molecule has 1 fully saturated rings. The Morgan fingerprint density at radius 2 is 1.73 bits per heavy atom. The Balaban J connectivity index is 2.02. The predicted octanol–water partition coefficient (Wildman–Crippen LogP) is 2.50. The molecule has 1 heterocycles. The second-order valence-corrected chi connectivity index (χ2v) is 5.19. The van der Waals surface area contributed by atoms with E-state index in [1.165, 1.54) is 64.8 Å². The van der Waals surface area contributed by atoms with E-state index < -0.39 is 0 Å². The predicted molar refractivity (Wildman–Crippen MR) is 67.2 cm³/mol. The second kappa shape index (κ2) is 8.12. The van der Waals surface area contributed by atoms with Crippen LogP contribution in [0.15, 0.2) is 0 Å². The topological polar surface area (TPSA) is 15.3 Å². The van der Waals surface area contributed by atoms with E-state index in [0.29, 0.717) is 0 Å². The molecule has 0 radical (unpaired) electrons. The van der Waals surface area contributed by atoms with Gasteiger partial charge in [0.15, 0.2) is 0 Å². The lowest BCUT2D eigenvalue weighted by Gasteiger charge is -2.24. The molecule has 0 unspecified atom stereocenters. The van der Waals surface area contributed by atoms with Crippen molar-refractivity contribution in [2.24, 2.45) is 5.92 Å². The summed E-state index contributed by atoms with van der Waals surface area (Å²) in [6.45, 7) is 11.0. The van der Waals surface area contributed by atoms with Gasteiger partial charge in [0.05, 0.1) is 0 Å². The van der Waals surface area contributed by atoms with Gasteiger partial charge in [-0.3, -0.25) is 0 Å². The summed E-state index contributed by atoms with van der Waals surface area (Å²) in [5.41, 5.74) is 0. The van der Waals surface area contributed by atoms with E-state index in [2.05, 4.69) is 24.1 Å². The highest BCUT2D eigenvalue weighted by molar-refractivity contribution is 4.64. The number of nitrogens with one attached hydrogen (secondary N) is 1. The van der Waals surface area contributed by atoms with Crippen LogP contribution in [0.1, 0.15) is 46.0 Å². The number of hydrogen-bond acceptors (Lipinski definition) is 2. The highest BCUT2D eigenvalue weighted by Crippen LogP contribution is 2.07. The Labute approximate surface area is 95.4 Å². The molecule has 2 nitrogen and oxygen atoms in total. The molecule has 0 aliphatic carbocycles. The minimum atomic E-state index is 0.876. The Kier molecular flexibility index (Phi) is 7.03. The van der Waals surface area contributed by atoms with Gasteiger partial charge in [-0.2, -0.15) is 0 Å². The zero-order valence-electron chi connectivity index (χ0n) is 10.6. The second-order valence-electron chi connectivity index (χ2n) is 5.19. The van der Waals surface area contributed by atoms with Crippen molar-refractivity contribution in [2.45, 2.75) is 46.0 Å². The molecule has 0 bridgehead atoms.